The van der Waals surface area contributed by atoms with Gasteiger partial charge in [-0.05, 0) is 36.6 Å². The Balaban J connectivity index is 1.61. The van der Waals surface area contributed by atoms with Gasteiger partial charge in [0.15, 0.2) is 0 Å². The van der Waals surface area contributed by atoms with E-state index in [2.05, 4.69) is 17.5 Å². The van der Waals surface area contributed by atoms with Gasteiger partial charge in [0.05, 0.1) is 11.8 Å². The van der Waals surface area contributed by atoms with Gasteiger partial charge in [0.1, 0.15) is 17.3 Å². The maximum Gasteiger partial charge on any atom is 0.274 e. The normalized spacial score (nSPS) is 20.7. The number of halogens is 1. The highest BCUT2D eigenvalue weighted by atomic mass is 19.1. The van der Waals surface area contributed by atoms with E-state index in [0.717, 1.165) is 12.2 Å². The number of carbonyl (C=O) groups is 1. The van der Waals surface area contributed by atoms with Crippen LogP contribution in [0.4, 0.5) is 4.39 Å². The number of hydrazone groups is 1. The van der Waals surface area contributed by atoms with Gasteiger partial charge in [-0.1, -0.05) is 19.1 Å². The molecule has 0 radical (unpaired) electrons. The number of carbonyl (C=O) groups excluding carboxylic acids is 1. The van der Waals surface area contributed by atoms with Crippen LogP contribution in [0.25, 0.3) is 0 Å². The molecule has 1 aliphatic carbocycles. The summed E-state index contributed by atoms with van der Waals surface area (Å²) >= 11 is 0. The average Bonchev–Trinajstić information content (AvgIpc) is 3.01. The highest BCUT2D eigenvalue weighted by Crippen LogP contribution is 2.47. The molecule has 1 saturated carbocycles. The van der Waals surface area contributed by atoms with Crippen molar-refractivity contribution < 1.29 is 13.6 Å². The second-order valence-corrected chi connectivity index (χ2v) is 5.24. The largest absolute Gasteiger partial charge is 0.460 e. The summed E-state index contributed by atoms with van der Waals surface area (Å²) < 4.78 is 19.0. The van der Waals surface area contributed by atoms with E-state index in [1.807, 2.05) is 6.07 Å². The molecule has 3 rings (SSSR count). The van der Waals surface area contributed by atoms with Crippen LogP contribution in [0.5, 0.6) is 0 Å². The van der Waals surface area contributed by atoms with Crippen molar-refractivity contribution in [3.63, 3.8) is 0 Å². The van der Waals surface area contributed by atoms with Crippen LogP contribution in [0.2, 0.25) is 0 Å². The molecule has 5 heteroatoms. The summed E-state index contributed by atoms with van der Waals surface area (Å²) in [5, 5.41) is 3.79. The molecule has 1 heterocycles. The molecule has 1 aliphatic rings. The molecule has 2 atom stereocenters. The number of amides is 1. The van der Waals surface area contributed by atoms with Crippen molar-refractivity contribution in [3.05, 3.63) is 59.3 Å². The first-order valence-corrected chi connectivity index (χ1v) is 6.83. The van der Waals surface area contributed by atoms with Gasteiger partial charge in [-0.3, -0.25) is 4.79 Å². The zero-order valence-corrected chi connectivity index (χ0v) is 11.5. The Morgan fingerprint density at radius 3 is 2.86 bits per heavy atom. The summed E-state index contributed by atoms with van der Waals surface area (Å²) in [4.78, 5) is 11.7. The lowest BCUT2D eigenvalue weighted by molar-refractivity contribution is 0.0951. The fourth-order valence-electron chi connectivity index (χ4n) is 2.22. The first-order chi connectivity index (χ1) is 10.1. The fourth-order valence-corrected chi connectivity index (χ4v) is 2.22. The summed E-state index contributed by atoms with van der Waals surface area (Å²) in [6, 6.07) is 9.48. The third kappa shape index (κ3) is 3.02. The second kappa shape index (κ2) is 5.52. The predicted molar refractivity (Wildman–Crippen MR) is 76.7 cm³/mol. The molecular weight excluding hydrogens is 271 g/mol. The van der Waals surface area contributed by atoms with Crippen LogP contribution in [-0.2, 0) is 0 Å². The smallest absolute Gasteiger partial charge is 0.274 e. The van der Waals surface area contributed by atoms with Crippen molar-refractivity contribution in [2.24, 2.45) is 11.0 Å². The summed E-state index contributed by atoms with van der Waals surface area (Å²) in [6.07, 6.45) is 2.56. The SMILES string of the molecule is C[C@@H]1C[C@H]1c1ccc(/C=N\NC(=O)c2ccccc2F)o1. The van der Waals surface area contributed by atoms with E-state index < -0.39 is 11.7 Å². The molecule has 0 unspecified atom stereocenters. The van der Waals surface area contributed by atoms with Crippen LogP contribution < -0.4 is 5.43 Å². The van der Waals surface area contributed by atoms with Crippen LogP contribution >= 0.6 is 0 Å². The van der Waals surface area contributed by atoms with E-state index in [0.29, 0.717) is 17.6 Å². The van der Waals surface area contributed by atoms with Gasteiger partial charge in [0.25, 0.3) is 5.91 Å². The number of nitrogens with one attached hydrogen (secondary N) is 1. The Labute approximate surface area is 121 Å². The van der Waals surface area contributed by atoms with Crippen LogP contribution in [-0.4, -0.2) is 12.1 Å². The number of rotatable bonds is 4. The number of furan rings is 1. The molecule has 0 saturated heterocycles. The monoisotopic (exact) mass is 286 g/mol. The van der Waals surface area contributed by atoms with E-state index in [-0.39, 0.29) is 5.56 Å². The van der Waals surface area contributed by atoms with Gasteiger partial charge in [0.2, 0.25) is 0 Å². The summed E-state index contributed by atoms with van der Waals surface area (Å²) in [5.41, 5.74) is 2.24. The molecule has 4 nitrogen and oxygen atoms in total. The average molecular weight is 286 g/mol. The van der Waals surface area contributed by atoms with E-state index in [9.17, 15) is 9.18 Å². The lowest BCUT2D eigenvalue weighted by atomic mass is 10.2. The van der Waals surface area contributed by atoms with E-state index in [4.69, 9.17) is 4.42 Å². The van der Waals surface area contributed by atoms with Crippen molar-refractivity contribution >= 4 is 12.1 Å². The van der Waals surface area contributed by atoms with Crippen molar-refractivity contribution in [2.45, 2.75) is 19.3 Å². The predicted octanol–water partition coefficient (Wildman–Crippen LogP) is 3.31. The third-order valence-corrected chi connectivity index (χ3v) is 3.60. The summed E-state index contributed by atoms with van der Waals surface area (Å²) in [5.74, 6) is 1.52. The minimum Gasteiger partial charge on any atom is -0.460 e. The molecule has 1 N–H and O–H groups in total. The molecule has 1 fully saturated rings. The highest BCUT2D eigenvalue weighted by molar-refractivity contribution is 5.94. The molecular formula is C16H15FN2O2. The third-order valence-electron chi connectivity index (χ3n) is 3.60. The Morgan fingerprint density at radius 2 is 2.14 bits per heavy atom. The molecule has 1 aromatic heterocycles. The minimum absolute atomic E-state index is 0.0402. The van der Waals surface area contributed by atoms with Crippen molar-refractivity contribution in [1.29, 1.82) is 0 Å². The van der Waals surface area contributed by atoms with Crippen LogP contribution in [0.15, 0.2) is 45.9 Å². The van der Waals surface area contributed by atoms with Gasteiger partial charge in [0, 0.05) is 5.92 Å². The maximum absolute atomic E-state index is 13.4. The highest BCUT2D eigenvalue weighted by Gasteiger charge is 2.36. The second-order valence-electron chi connectivity index (χ2n) is 5.24. The van der Waals surface area contributed by atoms with Crippen molar-refractivity contribution in [3.8, 4) is 0 Å². The van der Waals surface area contributed by atoms with Gasteiger partial charge >= 0.3 is 0 Å². The van der Waals surface area contributed by atoms with Crippen LogP contribution in [0.1, 0.15) is 41.1 Å². The lowest BCUT2D eigenvalue weighted by Gasteiger charge is -2.00. The Bertz CT molecular complexity index is 693. The fraction of sp³-hybridized carbons (Fsp3) is 0.250. The Hall–Kier alpha value is -2.43. The number of hydrogen-bond acceptors (Lipinski definition) is 3. The zero-order valence-electron chi connectivity index (χ0n) is 11.5. The molecule has 108 valence electrons. The van der Waals surface area contributed by atoms with Crippen molar-refractivity contribution in [2.75, 3.05) is 0 Å². The number of benzene rings is 1. The molecule has 0 bridgehead atoms. The van der Waals surface area contributed by atoms with Gasteiger partial charge in [-0.15, -0.1) is 0 Å². The Kier molecular flexibility index (Phi) is 3.56. The first-order valence-electron chi connectivity index (χ1n) is 6.83. The topological polar surface area (TPSA) is 54.6 Å². The lowest BCUT2D eigenvalue weighted by Crippen LogP contribution is -2.18. The van der Waals surface area contributed by atoms with Gasteiger partial charge in [-0.25, -0.2) is 9.82 Å². The minimum atomic E-state index is -0.591. The Morgan fingerprint density at radius 1 is 1.38 bits per heavy atom. The van der Waals surface area contributed by atoms with Crippen molar-refractivity contribution in [1.82, 2.24) is 5.43 Å². The van der Waals surface area contributed by atoms with Gasteiger partial charge < -0.3 is 4.42 Å². The molecule has 21 heavy (non-hydrogen) atoms. The number of hydrogen-bond donors (Lipinski definition) is 1. The molecule has 0 spiro atoms. The van der Waals surface area contributed by atoms with E-state index >= 15 is 0 Å². The summed E-state index contributed by atoms with van der Waals surface area (Å²) in [7, 11) is 0. The van der Waals surface area contributed by atoms with E-state index in [1.165, 1.54) is 24.4 Å². The first kappa shape index (κ1) is 13.5. The van der Waals surface area contributed by atoms with E-state index in [1.54, 1.807) is 12.1 Å². The quantitative estimate of drug-likeness (QED) is 0.692. The maximum atomic E-state index is 13.4. The standard InChI is InChI=1S/C16H15FN2O2/c1-10-8-13(10)15-7-6-11(21-15)9-18-19-16(20)12-4-2-3-5-14(12)17/h2-7,9-10,13H,8H2,1H3,(H,19,20)/b18-9-/t10-,13-/m1/s1. The van der Waals surface area contributed by atoms with Gasteiger partial charge in [-0.2, -0.15) is 5.10 Å². The van der Waals surface area contributed by atoms with Crippen LogP contribution in [0, 0.1) is 11.7 Å². The number of nitrogens with zero attached hydrogens (tertiary/aromatic N) is 1. The molecule has 2 aromatic rings. The molecule has 0 aliphatic heterocycles. The van der Waals surface area contributed by atoms with Crippen LogP contribution in [0.3, 0.4) is 0 Å². The molecule has 1 aromatic carbocycles. The molecule has 1 amide bonds. The summed E-state index contributed by atoms with van der Waals surface area (Å²) in [6.45, 7) is 2.18. The zero-order chi connectivity index (χ0) is 14.8.